The molecule has 1 aromatic carbocycles. The van der Waals surface area contributed by atoms with Gasteiger partial charge in [-0.2, -0.15) is 0 Å². The molecule has 0 radical (unpaired) electrons. The van der Waals surface area contributed by atoms with Crippen LogP contribution in [-0.2, 0) is 4.79 Å². The van der Waals surface area contributed by atoms with Crippen molar-refractivity contribution in [3.8, 4) is 0 Å². The third-order valence-electron chi connectivity index (χ3n) is 2.70. The summed E-state index contributed by atoms with van der Waals surface area (Å²) in [4.78, 5) is 13.0. The van der Waals surface area contributed by atoms with Crippen LogP contribution in [0.2, 0.25) is 0 Å². The lowest BCUT2D eigenvalue weighted by Crippen LogP contribution is -2.28. The summed E-state index contributed by atoms with van der Waals surface area (Å²) in [6.07, 6.45) is 0.393. The summed E-state index contributed by atoms with van der Waals surface area (Å²) in [6.45, 7) is 3.54. The van der Waals surface area contributed by atoms with E-state index < -0.39 is 11.6 Å². The van der Waals surface area contributed by atoms with Gasteiger partial charge in [-0.3, -0.25) is 4.79 Å². The van der Waals surface area contributed by atoms with Crippen LogP contribution in [0.3, 0.4) is 0 Å². The molecule has 0 fully saturated rings. The number of halogens is 2. The Hall–Kier alpha value is -1.45. The van der Waals surface area contributed by atoms with Gasteiger partial charge in [0.15, 0.2) is 11.6 Å². The van der Waals surface area contributed by atoms with Crippen LogP contribution >= 0.6 is 0 Å². The van der Waals surface area contributed by atoms with Gasteiger partial charge in [0, 0.05) is 13.5 Å². The molecule has 16 heavy (non-hydrogen) atoms. The van der Waals surface area contributed by atoms with Crippen LogP contribution in [0, 0.1) is 11.6 Å². The van der Waals surface area contributed by atoms with Gasteiger partial charge in [0.25, 0.3) is 0 Å². The summed E-state index contributed by atoms with van der Waals surface area (Å²) in [5.41, 5.74) is 0.586. The summed E-state index contributed by atoms with van der Waals surface area (Å²) in [5.74, 6) is -1.79. The van der Waals surface area contributed by atoms with E-state index in [2.05, 4.69) is 0 Å². The second-order valence-electron chi connectivity index (χ2n) is 3.71. The van der Waals surface area contributed by atoms with Crippen LogP contribution in [0.25, 0.3) is 0 Å². The Balaban J connectivity index is 2.91. The molecule has 0 aromatic heterocycles. The van der Waals surface area contributed by atoms with Gasteiger partial charge in [0.05, 0.1) is 6.04 Å². The molecule has 0 heterocycles. The molecule has 0 N–H and O–H groups in total. The first-order valence-electron chi connectivity index (χ1n) is 5.18. The quantitative estimate of drug-likeness (QED) is 0.777. The smallest absolute Gasteiger partial charge is 0.222 e. The van der Waals surface area contributed by atoms with E-state index >= 15 is 0 Å². The summed E-state index contributed by atoms with van der Waals surface area (Å²) in [7, 11) is 1.65. The van der Waals surface area contributed by atoms with E-state index in [-0.39, 0.29) is 11.9 Å². The Bertz CT molecular complexity index is 393. The number of benzene rings is 1. The lowest BCUT2D eigenvalue weighted by molar-refractivity contribution is -0.131. The maximum Gasteiger partial charge on any atom is 0.222 e. The van der Waals surface area contributed by atoms with Crippen LogP contribution in [0.5, 0.6) is 0 Å². The summed E-state index contributed by atoms with van der Waals surface area (Å²) in [5, 5.41) is 0. The van der Waals surface area contributed by atoms with Crippen LogP contribution in [0.4, 0.5) is 8.78 Å². The molecule has 0 aliphatic rings. The minimum Gasteiger partial charge on any atom is -0.339 e. The zero-order valence-electron chi connectivity index (χ0n) is 9.63. The summed E-state index contributed by atoms with van der Waals surface area (Å²) >= 11 is 0. The SMILES string of the molecule is CCC(=O)N(C)C(C)c1ccc(F)c(F)c1. The molecule has 0 saturated carbocycles. The van der Waals surface area contributed by atoms with E-state index in [1.807, 2.05) is 0 Å². The van der Waals surface area contributed by atoms with Gasteiger partial charge in [-0.15, -0.1) is 0 Å². The van der Waals surface area contributed by atoms with Gasteiger partial charge >= 0.3 is 0 Å². The number of carbonyl (C=O) groups is 1. The number of hydrogen-bond acceptors (Lipinski definition) is 1. The Kier molecular flexibility index (Phi) is 3.99. The molecule has 2 nitrogen and oxygen atoms in total. The zero-order valence-corrected chi connectivity index (χ0v) is 9.63. The number of amides is 1. The Morgan fingerprint density at radius 3 is 2.50 bits per heavy atom. The van der Waals surface area contributed by atoms with Gasteiger partial charge in [0.1, 0.15) is 0 Å². The molecule has 4 heteroatoms. The molecule has 1 aromatic rings. The average Bonchev–Trinajstić information content (AvgIpc) is 2.29. The van der Waals surface area contributed by atoms with Crippen LogP contribution in [-0.4, -0.2) is 17.9 Å². The van der Waals surface area contributed by atoms with E-state index in [1.54, 1.807) is 20.9 Å². The first-order valence-corrected chi connectivity index (χ1v) is 5.18. The van der Waals surface area contributed by atoms with Gasteiger partial charge < -0.3 is 4.90 Å². The molecule has 1 unspecified atom stereocenters. The maximum absolute atomic E-state index is 13.0. The highest BCUT2D eigenvalue weighted by atomic mass is 19.2. The van der Waals surface area contributed by atoms with Crippen molar-refractivity contribution < 1.29 is 13.6 Å². The van der Waals surface area contributed by atoms with E-state index in [0.717, 1.165) is 12.1 Å². The lowest BCUT2D eigenvalue weighted by atomic mass is 10.1. The molecule has 0 saturated heterocycles. The first-order chi connectivity index (χ1) is 7.47. The van der Waals surface area contributed by atoms with Crippen molar-refractivity contribution in [2.45, 2.75) is 26.3 Å². The molecule has 1 rings (SSSR count). The summed E-state index contributed by atoms with van der Waals surface area (Å²) < 4.78 is 25.7. The second-order valence-corrected chi connectivity index (χ2v) is 3.71. The lowest BCUT2D eigenvalue weighted by Gasteiger charge is -2.25. The molecule has 0 aliphatic heterocycles. The monoisotopic (exact) mass is 227 g/mol. The normalized spacial score (nSPS) is 12.3. The summed E-state index contributed by atoms with van der Waals surface area (Å²) in [6, 6.07) is 3.43. The van der Waals surface area contributed by atoms with Gasteiger partial charge in [-0.25, -0.2) is 8.78 Å². The minimum atomic E-state index is -0.887. The first kappa shape index (κ1) is 12.6. The molecule has 1 amide bonds. The molecular weight excluding hydrogens is 212 g/mol. The van der Waals surface area contributed by atoms with Crippen molar-refractivity contribution in [1.82, 2.24) is 4.90 Å². The highest BCUT2D eigenvalue weighted by Gasteiger charge is 2.17. The predicted molar refractivity (Wildman–Crippen MR) is 57.8 cm³/mol. The second kappa shape index (κ2) is 5.05. The molecule has 88 valence electrons. The third kappa shape index (κ3) is 2.56. The third-order valence-corrected chi connectivity index (χ3v) is 2.70. The van der Waals surface area contributed by atoms with Crippen molar-refractivity contribution in [3.05, 3.63) is 35.4 Å². The van der Waals surface area contributed by atoms with Gasteiger partial charge in [-0.1, -0.05) is 13.0 Å². The van der Waals surface area contributed by atoms with Gasteiger partial charge in [0.2, 0.25) is 5.91 Å². The number of hydrogen-bond donors (Lipinski definition) is 0. The predicted octanol–water partition coefficient (Wildman–Crippen LogP) is 2.89. The average molecular weight is 227 g/mol. The topological polar surface area (TPSA) is 20.3 Å². The van der Waals surface area contributed by atoms with E-state index in [9.17, 15) is 13.6 Å². The molecular formula is C12H15F2NO. The van der Waals surface area contributed by atoms with Crippen LogP contribution in [0.1, 0.15) is 31.9 Å². The molecule has 1 atom stereocenters. The van der Waals surface area contributed by atoms with Crippen molar-refractivity contribution in [2.24, 2.45) is 0 Å². The van der Waals surface area contributed by atoms with E-state index in [1.165, 1.54) is 11.0 Å². The zero-order chi connectivity index (χ0) is 12.3. The van der Waals surface area contributed by atoms with Crippen LogP contribution < -0.4 is 0 Å². The van der Waals surface area contributed by atoms with Crippen molar-refractivity contribution in [3.63, 3.8) is 0 Å². The number of carbonyl (C=O) groups excluding carboxylic acids is 1. The number of nitrogens with zero attached hydrogens (tertiary/aromatic N) is 1. The van der Waals surface area contributed by atoms with E-state index in [0.29, 0.717) is 12.0 Å². The highest BCUT2D eigenvalue weighted by molar-refractivity contribution is 5.76. The fourth-order valence-electron chi connectivity index (χ4n) is 1.46. The maximum atomic E-state index is 13.0. The Morgan fingerprint density at radius 2 is 2.00 bits per heavy atom. The molecule has 0 spiro atoms. The number of rotatable bonds is 3. The minimum absolute atomic E-state index is 0.0303. The fraction of sp³-hybridized carbons (Fsp3) is 0.417. The van der Waals surface area contributed by atoms with Gasteiger partial charge in [-0.05, 0) is 24.6 Å². The molecule has 0 aliphatic carbocycles. The van der Waals surface area contributed by atoms with E-state index in [4.69, 9.17) is 0 Å². The van der Waals surface area contributed by atoms with Crippen molar-refractivity contribution in [2.75, 3.05) is 7.05 Å². The Labute approximate surface area is 93.9 Å². The fourth-order valence-corrected chi connectivity index (χ4v) is 1.46. The largest absolute Gasteiger partial charge is 0.339 e. The molecule has 0 bridgehead atoms. The Morgan fingerprint density at radius 1 is 1.38 bits per heavy atom. The van der Waals surface area contributed by atoms with Crippen molar-refractivity contribution in [1.29, 1.82) is 0 Å². The van der Waals surface area contributed by atoms with Crippen molar-refractivity contribution >= 4 is 5.91 Å². The standard InChI is InChI=1S/C12H15F2NO/c1-4-12(16)15(3)8(2)9-5-6-10(13)11(14)7-9/h5-8H,4H2,1-3H3. The van der Waals surface area contributed by atoms with Crippen LogP contribution in [0.15, 0.2) is 18.2 Å². The highest BCUT2D eigenvalue weighted by Crippen LogP contribution is 2.21.